The lowest BCUT2D eigenvalue weighted by atomic mass is 9.96. The van der Waals surface area contributed by atoms with Crippen LogP contribution in [0.1, 0.15) is 32.6 Å². The van der Waals surface area contributed by atoms with Crippen molar-refractivity contribution in [2.24, 2.45) is 5.92 Å². The molecule has 3 aliphatic rings. The Hall–Kier alpha value is -2.28. The van der Waals surface area contributed by atoms with E-state index in [0.29, 0.717) is 39.0 Å². The van der Waals surface area contributed by atoms with Crippen LogP contribution in [0, 0.1) is 5.92 Å². The van der Waals surface area contributed by atoms with E-state index in [0.717, 1.165) is 30.9 Å². The second kappa shape index (κ2) is 8.39. The third-order valence-electron chi connectivity index (χ3n) is 5.82. The van der Waals surface area contributed by atoms with E-state index < -0.39 is 0 Å². The molecule has 7 heteroatoms. The molecule has 0 radical (unpaired) electrons. The molecule has 4 rings (SSSR count). The van der Waals surface area contributed by atoms with Crippen molar-refractivity contribution >= 4 is 17.6 Å². The number of para-hydroxylation sites is 2. The Balaban J connectivity index is 1.31. The molecule has 2 fully saturated rings. The number of amides is 3. The molecule has 3 heterocycles. The average Bonchev–Trinajstić information content (AvgIpc) is 3.24. The van der Waals surface area contributed by atoms with Gasteiger partial charge in [0, 0.05) is 32.2 Å². The van der Waals surface area contributed by atoms with Crippen molar-refractivity contribution in [2.75, 3.05) is 37.7 Å². The maximum absolute atomic E-state index is 13.1. The minimum atomic E-state index is -0.0417. The molecule has 2 atom stereocenters. The van der Waals surface area contributed by atoms with Crippen LogP contribution in [0.2, 0.25) is 0 Å². The number of rotatable bonds is 3. The van der Waals surface area contributed by atoms with Crippen LogP contribution in [0.25, 0.3) is 0 Å². The van der Waals surface area contributed by atoms with E-state index >= 15 is 0 Å². The van der Waals surface area contributed by atoms with E-state index in [1.54, 1.807) is 4.90 Å². The molecule has 3 aliphatic heterocycles. The van der Waals surface area contributed by atoms with Gasteiger partial charge < -0.3 is 19.7 Å². The van der Waals surface area contributed by atoms with Crippen LogP contribution in [0.4, 0.5) is 10.5 Å². The van der Waals surface area contributed by atoms with Gasteiger partial charge in [0.05, 0.1) is 18.3 Å². The summed E-state index contributed by atoms with van der Waals surface area (Å²) >= 11 is 0. The van der Waals surface area contributed by atoms with E-state index in [2.05, 4.69) is 5.32 Å². The molecule has 0 aliphatic carbocycles. The summed E-state index contributed by atoms with van der Waals surface area (Å²) in [7, 11) is 0. The quantitative estimate of drug-likeness (QED) is 0.865. The summed E-state index contributed by atoms with van der Waals surface area (Å²) in [5, 5.41) is 3.03. The standard InChI is InChI=1S/C21H29N3O4/c1-15-14-24(18-6-2-3-7-19(18)28-15)21(26)23-10-8-16(9-11-23)20(25)22-13-17-5-4-12-27-17/h2-3,6-7,15-17H,4-5,8-14H2,1H3,(H,22,25). The molecule has 0 aromatic heterocycles. The molecule has 3 amide bonds. The molecule has 1 aromatic carbocycles. The SMILES string of the molecule is CC1CN(C(=O)N2CCC(C(=O)NCC3CCCO3)CC2)c2ccccc2O1. The Morgan fingerprint density at radius 1 is 1.18 bits per heavy atom. The number of fused-ring (bicyclic) bond motifs is 1. The van der Waals surface area contributed by atoms with Crippen molar-refractivity contribution in [3.05, 3.63) is 24.3 Å². The number of benzene rings is 1. The average molecular weight is 387 g/mol. The van der Waals surface area contributed by atoms with Gasteiger partial charge in [0.2, 0.25) is 5.91 Å². The summed E-state index contributed by atoms with van der Waals surface area (Å²) in [5.41, 5.74) is 0.821. The maximum atomic E-state index is 13.1. The first kappa shape index (κ1) is 19.1. The molecule has 2 saturated heterocycles. The highest BCUT2D eigenvalue weighted by Crippen LogP contribution is 2.34. The van der Waals surface area contributed by atoms with Gasteiger partial charge in [0.25, 0.3) is 0 Å². The number of likely N-dealkylation sites (tertiary alicyclic amines) is 1. The predicted octanol–water partition coefficient (Wildman–Crippen LogP) is 2.40. The van der Waals surface area contributed by atoms with Crippen LogP contribution >= 0.6 is 0 Å². The third-order valence-corrected chi connectivity index (χ3v) is 5.82. The molecule has 0 bridgehead atoms. The zero-order chi connectivity index (χ0) is 19.5. The van der Waals surface area contributed by atoms with Crippen LogP contribution < -0.4 is 15.0 Å². The van der Waals surface area contributed by atoms with Gasteiger partial charge in [-0.1, -0.05) is 12.1 Å². The molecule has 152 valence electrons. The van der Waals surface area contributed by atoms with Crippen LogP contribution in [-0.2, 0) is 9.53 Å². The Kier molecular flexibility index (Phi) is 5.71. The zero-order valence-electron chi connectivity index (χ0n) is 16.4. The van der Waals surface area contributed by atoms with Gasteiger partial charge in [-0.05, 0) is 44.7 Å². The van der Waals surface area contributed by atoms with Crippen molar-refractivity contribution in [1.29, 1.82) is 0 Å². The molecule has 1 aromatic rings. The van der Waals surface area contributed by atoms with Gasteiger partial charge >= 0.3 is 6.03 Å². The van der Waals surface area contributed by atoms with Crippen LogP contribution in [-0.4, -0.2) is 61.8 Å². The molecule has 2 unspecified atom stereocenters. The number of piperidine rings is 1. The van der Waals surface area contributed by atoms with Crippen molar-refractivity contribution in [3.63, 3.8) is 0 Å². The Morgan fingerprint density at radius 2 is 1.96 bits per heavy atom. The number of hydrogen-bond donors (Lipinski definition) is 1. The topological polar surface area (TPSA) is 71.1 Å². The summed E-state index contributed by atoms with van der Waals surface area (Å²) in [5.74, 6) is 0.812. The van der Waals surface area contributed by atoms with Crippen molar-refractivity contribution in [2.45, 2.75) is 44.8 Å². The number of anilines is 1. The Morgan fingerprint density at radius 3 is 2.71 bits per heavy atom. The van der Waals surface area contributed by atoms with Crippen LogP contribution in [0.5, 0.6) is 5.75 Å². The number of carbonyl (C=O) groups excluding carboxylic acids is 2. The van der Waals surface area contributed by atoms with E-state index in [1.807, 2.05) is 36.1 Å². The first-order valence-corrected chi connectivity index (χ1v) is 10.3. The summed E-state index contributed by atoms with van der Waals surface area (Å²) < 4.78 is 11.4. The van der Waals surface area contributed by atoms with Crippen molar-refractivity contribution < 1.29 is 19.1 Å². The van der Waals surface area contributed by atoms with E-state index in [-0.39, 0.29) is 30.1 Å². The van der Waals surface area contributed by atoms with Crippen molar-refractivity contribution in [1.82, 2.24) is 10.2 Å². The minimum Gasteiger partial charge on any atom is -0.487 e. The monoisotopic (exact) mass is 387 g/mol. The first-order chi connectivity index (χ1) is 13.6. The third kappa shape index (κ3) is 4.09. The summed E-state index contributed by atoms with van der Waals surface area (Å²) in [4.78, 5) is 29.2. The summed E-state index contributed by atoms with van der Waals surface area (Å²) in [6, 6.07) is 7.66. The first-order valence-electron chi connectivity index (χ1n) is 10.3. The molecule has 28 heavy (non-hydrogen) atoms. The van der Waals surface area contributed by atoms with Gasteiger partial charge in [-0.3, -0.25) is 9.69 Å². The van der Waals surface area contributed by atoms with Crippen molar-refractivity contribution in [3.8, 4) is 5.75 Å². The zero-order valence-corrected chi connectivity index (χ0v) is 16.4. The lowest BCUT2D eigenvalue weighted by molar-refractivity contribution is -0.126. The highest BCUT2D eigenvalue weighted by molar-refractivity contribution is 5.94. The van der Waals surface area contributed by atoms with Gasteiger partial charge in [-0.15, -0.1) is 0 Å². The molecular weight excluding hydrogens is 358 g/mol. The van der Waals surface area contributed by atoms with Gasteiger partial charge in [-0.25, -0.2) is 4.79 Å². The maximum Gasteiger partial charge on any atom is 0.324 e. The number of urea groups is 1. The van der Waals surface area contributed by atoms with Crippen LogP contribution in [0.3, 0.4) is 0 Å². The second-order valence-corrected chi connectivity index (χ2v) is 7.93. The molecule has 1 N–H and O–H groups in total. The lowest BCUT2D eigenvalue weighted by Gasteiger charge is -2.39. The number of hydrogen-bond acceptors (Lipinski definition) is 4. The normalized spacial score (nSPS) is 25.2. The van der Waals surface area contributed by atoms with E-state index in [4.69, 9.17) is 9.47 Å². The van der Waals surface area contributed by atoms with Crippen LogP contribution in [0.15, 0.2) is 24.3 Å². The predicted molar refractivity (Wildman–Crippen MR) is 106 cm³/mol. The highest BCUT2D eigenvalue weighted by atomic mass is 16.5. The molecule has 0 saturated carbocycles. The highest BCUT2D eigenvalue weighted by Gasteiger charge is 2.33. The number of carbonyl (C=O) groups is 2. The molecule has 0 spiro atoms. The fourth-order valence-corrected chi connectivity index (χ4v) is 4.24. The second-order valence-electron chi connectivity index (χ2n) is 7.93. The fourth-order valence-electron chi connectivity index (χ4n) is 4.24. The van der Waals surface area contributed by atoms with Gasteiger partial charge in [0.15, 0.2) is 0 Å². The molecule has 7 nitrogen and oxygen atoms in total. The van der Waals surface area contributed by atoms with Gasteiger partial charge in [-0.2, -0.15) is 0 Å². The summed E-state index contributed by atoms with van der Waals surface area (Å²) in [6.45, 7) is 5.11. The Bertz CT molecular complexity index is 711. The lowest BCUT2D eigenvalue weighted by Crippen LogP contribution is -2.52. The number of ether oxygens (including phenoxy) is 2. The van der Waals surface area contributed by atoms with E-state index in [9.17, 15) is 9.59 Å². The minimum absolute atomic E-state index is 0.000754. The summed E-state index contributed by atoms with van der Waals surface area (Å²) in [6.07, 6.45) is 3.61. The van der Waals surface area contributed by atoms with Gasteiger partial charge in [0.1, 0.15) is 11.9 Å². The fraction of sp³-hybridized carbons (Fsp3) is 0.619. The Labute approximate surface area is 166 Å². The molecular formula is C21H29N3O4. The van der Waals surface area contributed by atoms with E-state index in [1.165, 1.54) is 0 Å². The largest absolute Gasteiger partial charge is 0.487 e. The smallest absolute Gasteiger partial charge is 0.324 e. The number of nitrogens with one attached hydrogen (secondary N) is 1. The number of nitrogens with zero attached hydrogens (tertiary/aromatic N) is 2.